The summed E-state index contributed by atoms with van der Waals surface area (Å²) in [6, 6.07) is 8.69. The molecule has 0 spiro atoms. The van der Waals surface area contributed by atoms with Crippen LogP contribution in [0, 0.1) is 0 Å². The Bertz CT molecular complexity index is 756. The van der Waals surface area contributed by atoms with E-state index in [2.05, 4.69) is 25.7 Å². The molecule has 0 atom stereocenters. The maximum Gasteiger partial charge on any atom is 0.416 e. The first kappa shape index (κ1) is 22.4. The largest absolute Gasteiger partial charge is 0.416 e. The van der Waals surface area contributed by atoms with Gasteiger partial charge in [-0.3, -0.25) is 0 Å². The number of alkyl halides is 3. The number of amides is 2. The van der Waals surface area contributed by atoms with Crippen molar-refractivity contribution in [3.63, 3.8) is 0 Å². The van der Waals surface area contributed by atoms with Crippen molar-refractivity contribution in [1.82, 2.24) is 20.8 Å². The fourth-order valence-corrected chi connectivity index (χ4v) is 2.90. The standard InChI is InChI=1S/C11H13F3N2O.C9H13N3.H2/c1-15-10(17)16-6-5-8-3-2-4-9(7-8)11(12,13)14;1-2-7-12(8-3-1)9-5-4-6-10-11-9;/h2-4,7H,5-6H2,1H3,(H2,15,16,17);4-6H,1-3,7-8H2;1H. The van der Waals surface area contributed by atoms with E-state index in [4.69, 9.17) is 0 Å². The summed E-state index contributed by atoms with van der Waals surface area (Å²) in [6.45, 7) is 2.57. The number of nitrogens with one attached hydrogen (secondary N) is 2. The lowest BCUT2D eigenvalue weighted by molar-refractivity contribution is -0.137. The van der Waals surface area contributed by atoms with Crippen molar-refractivity contribution < 1.29 is 19.4 Å². The highest BCUT2D eigenvalue weighted by Crippen LogP contribution is 2.29. The van der Waals surface area contributed by atoms with Crippen molar-refractivity contribution in [2.45, 2.75) is 31.9 Å². The van der Waals surface area contributed by atoms with E-state index >= 15 is 0 Å². The lowest BCUT2D eigenvalue weighted by Crippen LogP contribution is -2.34. The van der Waals surface area contributed by atoms with Gasteiger partial charge in [0.1, 0.15) is 0 Å². The zero-order valence-corrected chi connectivity index (χ0v) is 16.4. The number of aromatic nitrogens is 2. The van der Waals surface area contributed by atoms with Gasteiger partial charge in [-0.15, -0.1) is 5.10 Å². The average molecular weight is 411 g/mol. The number of carbonyl (C=O) groups is 1. The molecule has 1 aliphatic rings. The smallest absolute Gasteiger partial charge is 0.355 e. The van der Waals surface area contributed by atoms with Gasteiger partial charge in [0.2, 0.25) is 0 Å². The molecule has 9 heteroatoms. The fourth-order valence-electron chi connectivity index (χ4n) is 2.90. The number of carbonyl (C=O) groups excluding carboxylic acids is 1. The molecule has 1 aromatic carbocycles. The second-order valence-electron chi connectivity index (χ2n) is 6.58. The number of piperidine rings is 1. The minimum absolute atomic E-state index is 0. The third-order valence-electron chi connectivity index (χ3n) is 4.42. The molecule has 0 aliphatic carbocycles. The molecule has 0 radical (unpaired) electrons. The van der Waals surface area contributed by atoms with Gasteiger partial charge in [0.25, 0.3) is 0 Å². The Hall–Kier alpha value is -2.84. The van der Waals surface area contributed by atoms with Crippen LogP contribution in [0.5, 0.6) is 0 Å². The maximum absolute atomic E-state index is 12.4. The van der Waals surface area contributed by atoms with Gasteiger partial charge in [0.15, 0.2) is 5.82 Å². The van der Waals surface area contributed by atoms with E-state index in [1.807, 2.05) is 12.1 Å². The second kappa shape index (κ2) is 11.2. The highest BCUT2D eigenvalue weighted by Gasteiger charge is 2.30. The topological polar surface area (TPSA) is 70.1 Å². The van der Waals surface area contributed by atoms with Crippen molar-refractivity contribution in [2.75, 3.05) is 31.6 Å². The second-order valence-corrected chi connectivity index (χ2v) is 6.58. The number of halogens is 3. The van der Waals surface area contributed by atoms with E-state index < -0.39 is 11.7 Å². The molecule has 1 aromatic heterocycles. The van der Waals surface area contributed by atoms with E-state index in [1.54, 1.807) is 12.3 Å². The summed E-state index contributed by atoms with van der Waals surface area (Å²) in [5, 5.41) is 12.8. The van der Waals surface area contributed by atoms with Crippen molar-refractivity contribution in [1.29, 1.82) is 0 Å². The molecule has 2 N–H and O–H groups in total. The van der Waals surface area contributed by atoms with E-state index in [0.29, 0.717) is 18.5 Å². The van der Waals surface area contributed by atoms with Gasteiger partial charge in [0.05, 0.1) is 5.56 Å². The van der Waals surface area contributed by atoms with Gasteiger partial charge >= 0.3 is 12.2 Å². The molecule has 1 fully saturated rings. The molecular weight excluding hydrogens is 383 g/mol. The molecule has 2 aromatic rings. The minimum Gasteiger partial charge on any atom is -0.355 e. The third-order valence-corrected chi connectivity index (χ3v) is 4.42. The van der Waals surface area contributed by atoms with Crippen LogP contribution < -0.4 is 15.5 Å². The Morgan fingerprint density at radius 1 is 1.17 bits per heavy atom. The highest BCUT2D eigenvalue weighted by molar-refractivity contribution is 5.73. The van der Waals surface area contributed by atoms with Gasteiger partial charge in [-0.2, -0.15) is 18.3 Å². The molecule has 2 heterocycles. The van der Waals surface area contributed by atoms with E-state index in [-0.39, 0.29) is 7.46 Å². The van der Waals surface area contributed by atoms with Crippen molar-refractivity contribution in [3.05, 3.63) is 53.7 Å². The van der Waals surface area contributed by atoms with Crippen LogP contribution in [0.15, 0.2) is 42.6 Å². The maximum atomic E-state index is 12.4. The highest BCUT2D eigenvalue weighted by atomic mass is 19.4. The molecule has 0 saturated carbocycles. The number of hydrogen-bond acceptors (Lipinski definition) is 4. The number of benzene rings is 1. The summed E-state index contributed by atoms with van der Waals surface area (Å²) in [5.41, 5.74) is -0.133. The summed E-state index contributed by atoms with van der Waals surface area (Å²) in [7, 11) is 1.47. The monoisotopic (exact) mass is 411 g/mol. The predicted molar refractivity (Wildman–Crippen MR) is 108 cm³/mol. The van der Waals surface area contributed by atoms with Gasteiger partial charge in [-0.1, -0.05) is 18.2 Å². The first-order valence-electron chi connectivity index (χ1n) is 9.54. The van der Waals surface area contributed by atoms with Crippen LogP contribution in [0.2, 0.25) is 0 Å². The van der Waals surface area contributed by atoms with Crippen LogP contribution in [0.1, 0.15) is 31.8 Å². The predicted octanol–water partition coefficient (Wildman–Crippen LogP) is 3.89. The Morgan fingerprint density at radius 3 is 2.55 bits per heavy atom. The summed E-state index contributed by atoms with van der Waals surface area (Å²) < 4.78 is 37.2. The van der Waals surface area contributed by atoms with Gasteiger partial charge in [-0.25, -0.2) is 4.79 Å². The lowest BCUT2D eigenvalue weighted by Gasteiger charge is -2.26. The Kier molecular flexibility index (Phi) is 8.69. The number of anilines is 1. The fraction of sp³-hybridized carbons (Fsp3) is 0.450. The Morgan fingerprint density at radius 2 is 1.93 bits per heavy atom. The SMILES string of the molecule is CNC(=O)NCCc1cccc(C(F)(F)F)c1.[HH].c1cnnc(N2CCCCC2)c1. The zero-order valence-electron chi connectivity index (χ0n) is 16.4. The molecule has 3 rings (SSSR count). The van der Waals surface area contributed by atoms with Crippen LogP contribution in [-0.2, 0) is 12.6 Å². The number of hydrogen-bond donors (Lipinski definition) is 2. The van der Waals surface area contributed by atoms with Crippen LogP contribution >= 0.6 is 0 Å². The van der Waals surface area contributed by atoms with Gasteiger partial charge < -0.3 is 15.5 Å². The molecule has 2 amide bonds. The van der Waals surface area contributed by atoms with Crippen molar-refractivity contribution >= 4 is 11.8 Å². The van der Waals surface area contributed by atoms with Crippen molar-refractivity contribution in [3.8, 4) is 0 Å². The van der Waals surface area contributed by atoms with Crippen LogP contribution in [0.4, 0.5) is 23.8 Å². The van der Waals surface area contributed by atoms with Crippen LogP contribution in [0.3, 0.4) is 0 Å². The van der Waals surface area contributed by atoms with E-state index in [0.717, 1.165) is 31.0 Å². The van der Waals surface area contributed by atoms with Gasteiger partial charge in [0, 0.05) is 34.3 Å². The molecule has 0 unspecified atom stereocenters. The van der Waals surface area contributed by atoms with E-state index in [9.17, 15) is 18.0 Å². The van der Waals surface area contributed by atoms with Crippen LogP contribution in [0.25, 0.3) is 0 Å². The minimum atomic E-state index is -4.33. The summed E-state index contributed by atoms with van der Waals surface area (Å²) in [6.07, 6.45) is 1.68. The molecule has 160 valence electrons. The van der Waals surface area contributed by atoms with Gasteiger partial charge in [-0.05, 0) is 49.4 Å². The quantitative estimate of drug-likeness (QED) is 0.801. The number of nitrogens with zero attached hydrogens (tertiary/aromatic N) is 3. The molecule has 6 nitrogen and oxygen atoms in total. The molecular formula is C20H28F3N5O. The first-order chi connectivity index (χ1) is 13.9. The van der Waals surface area contributed by atoms with Crippen LogP contribution in [-0.4, -0.2) is 42.9 Å². The summed E-state index contributed by atoms with van der Waals surface area (Å²) in [4.78, 5) is 13.1. The molecule has 1 saturated heterocycles. The number of rotatable bonds is 4. The lowest BCUT2D eigenvalue weighted by atomic mass is 10.1. The van der Waals surface area contributed by atoms with E-state index in [1.165, 1.54) is 32.4 Å². The zero-order chi connectivity index (χ0) is 21.1. The summed E-state index contributed by atoms with van der Waals surface area (Å²) >= 11 is 0. The molecule has 29 heavy (non-hydrogen) atoms. The molecule has 1 aliphatic heterocycles. The van der Waals surface area contributed by atoms with Crippen molar-refractivity contribution in [2.24, 2.45) is 0 Å². The Labute approximate surface area is 170 Å². The average Bonchev–Trinajstić information content (AvgIpc) is 2.75. The summed E-state index contributed by atoms with van der Waals surface area (Å²) in [5.74, 6) is 1.03. The first-order valence-corrected chi connectivity index (χ1v) is 9.54. The Balaban J connectivity index is 0.000000304. The normalized spacial score (nSPS) is 13.9. The number of urea groups is 1. The third kappa shape index (κ3) is 7.97. The molecule has 0 bridgehead atoms.